The lowest BCUT2D eigenvalue weighted by Gasteiger charge is -2.29. The largest absolute Gasteiger partial charge is 0.444 e. The molecule has 16 heavy (non-hydrogen) atoms. The summed E-state index contributed by atoms with van der Waals surface area (Å²) in [5.41, 5.74) is -1.84. The molecule has 5 heteroatoms. The Morgan fingerprint density at radius 3 is 2.38 bits per heavy atom. The van der Waals surface area contributed by atoms with Gasteiger partial charge in [-0.3, -0.25) is 0 Å². The van der Waals surface area contributed by atoms with Crippen molar-refractivity contribution in [3.63, 3.8) is 0 Å². The second-order valence-corrected chi connectivity index (χ2v) is 5.06. The summed E-state index contributed by atoms with van der Waals surface area (Å²) in [5, 5.41) is 20.9. The fourth-order valence-corrected chi connectivity index (χ4v) is 0.953. The van der Waals surface area contributed by atoms with Crippen molar-refractivity contribution in [3.8, 4) is 6.07 Å². The van der Waals surface area contributed by atoms with Crippen LogP contribution in [0.2, 0.25) is 0 Å². The third kappa shape index (κ3) is 5.56. The van der Waals surface area contributed by atoms with Crippen molar-refractivity contribution in [2.75, 3.05) is 0 Å². The van der Waals surface area contributed by atoms with Crippen LogP contribution in [0.5, 0.6) is 0 Å². The molecule has 2 atom stereocenters. The highest BCUT2D eigenvalue weighted by atomic mass is 16.6. The number of amides is 1. The molecule has 0 spiro atoms. The predicted molar refractivity (Wildman–Crippen MR) is 59.7 cm³/mol. The molecule has 0 aliphatic rings. The Bertz CT molecular complexity index is 287. The number of carbonyl (C=O) groups excluding carboxylic acids is 1. The number of nitrogens with zero attached hydrogens (tertiary/aromatic N) is 1. The van der Waals surface area contributed by atoms with E-state index in [4.69, 9.17) is 10.00 Å². The van der Waals surface area contributed by atoms with Gasteiger partial charge in [0.15, 0.2) is 0 Å². The van der Waals surface area contributed by atoms with Gasteiger partial charge in [-0.1, -0.05) is 0 Å². The highest BCUT2D eigenvalue weighted by Crippen LogP contribution is 2.14. The quantitative estimate of drug-likeness (QED) is 0.768. The molecule has 0 rings (SSSR count). The second-order valence-electron chi connectivity index (χ2n) is 5.06. The highest BCUT2D eigenvalue weighted by molar-refractivity contribution is 5.68. The first-order valence-corrected chi connectivity index (χ1v) is 5.17. The van der Waals surface area contributed by atoms with Crippen LogP contribution in [0.3, 0.4) is 0 Å². The standard InChI is InChI=1S/C11H20N2O3/c1-8(11(5,15)6-7-12)13-9(14)16-10(2,3)4/h8,15H,6H2,1-5H3,(H,13,14)/t8-,11-/m1/s1. The van der Waals surface area contributed by atoms with Crippen molar-refractivity contribution in [3.05, 3.63) is 0 Å². The summed E-state index contributed by atoms with van der Waals surface area (Å²) in [5.74, 6) is 0. The molecule has 0 saturated carbocycles. The smallest absolute Gasteiger partial charge is 0.407 e. The van der Waals surface area contributed by atoms with Gasteiger partial charge in [-0.25, -0.2) is 4.79 Å². The Labute approximate surface area is 96.4 Å². The Hall–Kier alpha value is -1.28. The molecule has 1 amide bonds. The average Bonchev–Trinajstić information content (AvgIpc) is 1.99. The Balaban J connectivity index is 4.31. The first kappa shape index (κ1) is 14.7. The first-order valence-electron chi connectivity index (χ1n) is 5.17. The minimum absolute atomic E-state index is 0.0516. The minimum atomic E-state index is -1.26. The third-order valence-electron chi connectivity index (χ3n) is 2.10. The lowest BCUT2D eigenvalue weighted by Crippen LogP contribution is -2.50. The van der Waals surface area contributed by atoms with E-state index in [2.05, 4.69) is 5.32 Å². The van der Waals surface area contributed by atoms with Crippen molar-refractivity contribution in [2.24, 2.45) is 0 Å². The molecule has 0 aromatic heterocycles. The Kier molecular flexibility index (Phi) is 4.76. The third-order valence-corrected chi connectivity index (χ3v) is 2.10. The number of rotatable bonds is 3. The number of nitrogens with one attached hydrogen (secondary N) is 1. The molecule has 0 aromatic carbocycles. The molecule has 0 radical (unpaired) electrons. The number of hydrogen-bond acceptors (Lipinski definition) is 4. The molecule has 0 fully saturated rings. The van der Waals surface area contributed by atoms with E-state index in [1.54, 1.807) is 27.7 Å². The molecular weight excluding hydrogens is 208 g/mol. The maximum atomic E-state index is 11.4. The Morgan fingerprint density at radius 2 is 2.00 bits per heavy atom. The van der Waals surface area contributed by atoms with Crippen LogP contribution in [0.1, 0.15) is 41.0 Å². The van der Waals surface area contributed by atoms with Gasteiger partial charge in [0.1, 0.15) is 5.60 Å². The zero-order chi connectivity index (χ0) is 13.0. The van der Waals surface area contributed by atoms with Crippen LogP contribution in [0.25, 0.3) is 0 Å². The molecule has 0 saturated heterocycles. The first-order chi connectivity index (χ1) is 7.08. The number of nitriles is 1. The van der Waals surface area contributed by atoms with Crippen LogP contribution in [-0.4, -0.2) is 28.4 Å². The van der Waals surface area contributed by atoms with E-state index in [0.29, 0.717) is 0 Å². The lowest BCUT2D eigenvalue weighted by molar-refractivity contribution is 0.0133. The summed E-state index contributed by atoms with van der Waals surface area (Å²) in [7, 11) is 0. The van der Waals surface area contributed by atoms with Gasteiger partial charge in [-0.15, -0.1) is 0 Å². The van der Waals surface area contributed by atoms with Gasteiger partial charge in [0.05, 0.1) is 24.1 Å². The molecular formula is C11H20N2O3. The molecule has 92 valence electrons. The summed E-state index contributed by atoms with van der Waals surface area (Å²) in [6.07, 6.45) is -0.650. The van der Waals surface area contributed by atoms with Crippen LogP contribution in [0, 0.1) is 11.3 Å². The van der Waals surface area contributed by atoms with Crippen LogP contribution >= 0.6 is 0 Å². The van der Waals surface area contributed by atoms with E-state index in [0.717, 1.165) is 0 Å². The predicted octanol–water partition coefficient (Wildman–Crippen LogP) is 1.56. The van der Waals surface area contributed by atoms with E-state index in [9.17, 15) is 9.90 Å². The number of alkyl carbamates (subject to hydrolysis) is 1. The number of carbonyl (C=O) groups is 1. The molecule has 0 aromatic rings. The SMILES string of the molecule is C[C@@H](NC(=O)OC(C)(C)C)[C@](C)(O)CC#N. The zero-order valence-corrected chi connectivity index (χ0v) is 10.5. The van der Waals surface area contributed by atoms with Crippen LogP contribution < -0.4 is 5.32 Å². The van der Waals surface area contributed by atoms with Gasteiger partial charge in [0, 0.05) is 0 Å². The monoisotopic (exact) mass is 228 g/mol. The van der Waals surface area contributed by atoms with Gasteiger partial charge in [0.2, 0.25) is 0 Å². The summed E-state index contributed by atoms with van der Waals surface area (Å²) >= 11 is 0. The van der Waals surface area contributed by atoms with Gasteiger partial charge >= 0.3 is 6.09 Å². The molecule has 0 heterocycles. The van der Waals surface area contributed by atoms with E-state index >= 15 is 0 Å². The number of hydrogen-bond donors (Lipinski definition) is 2. The van der Waals surface area contributed by atoms with Crippen LogP contribution in [0.4, 0.5) is 4.79 Å². The van der Waals surface area contributed by atoms with Gasteiger partial charge in [-0.2, -0.15) is 5.26 Å². The molecule has 0 bridgehead atoms. The number of ether oxygens (including phenoxy) is 1. The van der Waals surface area contributed by atoms with E-state index < -0.39 is 23.3 Å². The average molecular weight is 228 g/mol. The van der Waals surface area contributed by atoms with Crippen molar-refractivity contribution in [1.82, 2.24) is 5.32 Å². The van der Waals surface area contributed by atoms with Gasteiger partial charge in [-0.05, 0) is 34.6 Å². The summed E-state index contributed by atoms with van der Waals surface area (Å²) < 4.78 is 5.04. The van der Waals surface area contributed by atoms with Crippen molar-refractivity contribution in [2.45, 2.75) is 58.3 Å². The molecule has 2 N–H and O–H groups in total. The maximum absolute atomic E-state index is 11.4. The fourth-order valence-electron chi connectivity index (χ4n) is 0.953. The second kappa shape index (κ2) is 5.17. The minimum Gasteiger partial charge on any atom is -0.444 e. The fraction of sp³-hybridized carbons (Fsp3) is 0.818. The van der Waals surface area contributed by atoms with Crippen molar-refractivity contribution >= 4 is 6.09 Å². The summed E-state index contributed by atoms with van der Waals surface area (Å²) in [6, 6.07) is 1.31. The molecule has 0 aliphatic heterocycles. The Morgan fingerprint density at radius 1 is 1.50 bits per heavy atom. The summed E-state index contributed by atoms with van der Waals surface area (Å²) in [6.45, 7) is 8.39. The lowest BCUT2D eigenvalue weighted by atomic mass is 9.95. The van der Waals surface area contributed by atoms with Crippen molar-refractivity contribution < 1.29 is 14.6 Å². The molecule has 0 aliphatic carbocycles. The van der Waals surface area contributed by atoms with Gasteiger partial charge < -0.3 is 15.2 Å². The van der Waals surface area contributed by atoms with Gasteiger partial charge in [0.25, 0.3) is 0 Å². The van der Waals surface area contributed by atoms with Crippen LogP contribution in [-0.2, 0) is 4.74 Å². The maximum Gasteiger partial charge on any atom is 0.407 e. The summed E-state index contributed by atoms with van der Waals surface area (Å²) in [4.78, 5) is 11.4. The highest BCUT2D eigenvalue weighted by Gasteiger charge is 2.30. The topological polar surface area (TPSA) is 82.3 Å². The normalized spacial score (nSPS) is 16.8. The van der Waals surface area contributed by atoms with E-state index in [-0.39, 0.29) is 6.42 Å². The molecule has 5 nitrogen and oxygen atoms in total. The van der Waals surface area contributed by atoms with E-state index in [1.165, 1.54) is 6.92 Å². The number of aliphatic hydroxyl groups is 1. The molecule has 0 unspecified atom stereocenters. The van der Waals surface area contributed by atoms with Crippen LogP contribution in [0.15, 0.2) is 0 Å². The van der Waals surface area contributed by atoms with E-state index in [1.807, 2.05) is 6.07 Å². The zero-order valence-electron chi connectivity index (χ0n) is 10.5. The van der Waals surface area contributed by atoms with Crippen molar-refractivity contribution in [1.29, 1.82) is 5.26 Å².